The molecule has 1 atom stereocenters. The van der Waals surface area contributed by atoms with Crippen molar-refractivity contribution in [3.63, 3.8) is 0 Å². The summed E-state index contributed by atoms with van der Waals surface area (Å²) in [5.41, 5.74) is 3.65. The van der Waals surface area contributed by atoms with E-state index in [2.05, 4.69) is 35.2 Å². The number of fused-ring (bicyclic) bond motifs is 1. The van der Waals surface area contributed by atoms with Gasteiger partial charge in [-0.2, -0.15) is 0 Å². The zero-order valence-corrected chi connectivity index (χ0v) is 21.5. The third-order valence-electron chi connectivity index (χ3n) is 6.91. The number of halogens is 1. The molecule has 3 aromatic carbocycles. The summed E-state index contributed by atoms with van der Waals surface area (Å²) in [7, 11) is 0. The van der Waals surface area contributed by atoms with Gasteiger partial charge in [0.1, 0.15) is 11.9 Å². The summed E-state index contributed by atoms with van der Waals surface area (Å²) in [6.07, 6.45) is 3.54. The topological polar surface area (TPSA) is 64.0 Å². The summed E-state index contributed by atoms with van der Waals surface area (Å²) in [6, 6.07) is 20.3. The van der Waals surface area contributed by atoms with Gasteiger partial charge in [0.2, 0.25) is 5.91 Å². The predicted molar refractivity (Wildman–Crippen MR) is 145 cm³/mol. The van der Waals surface area contributed by atoms with Gasteiger partial charge in [-0.3, -0.25) is 4.79 Å². The molecule has 1 aliphatic rings. The quantitative estimate of drug-likeness (QED) is 0.290. The molecule has 4 rings (SSSR count). The van der Waals surface area contributed by atoms with E-state index < -0.39 is 6.04 Å². The Hall–Kier alpha value is -4.06. The number of piperazine rings is 1. The van der Waals surface area contributed by atoms with E-state index in [1.807, 2.05) is 26.0 Å². The second-order valence-electron chi connectivity index (χ2n) is 9.45. The molecule has 1 aliphatic heterocycles. The largest absolute Gasteiger partial charge is 0.504 e. The van der Waals surface area contributed by atoms with Crippen molar-refractivity contribution in [1.82, 2.24) is 9.80 Å². The van der Waals surface area contributed by atoms with Crippen molar-refractivity contribution in [2.24, 2.45) is 0 Å². The Labute approximate surface area is 217 Å². The molecule has 1 heterocycles. The van der Waals surface area contributed by atoms with Crippen molar-refractivity contribution >= 4 is 16.7 Å². The Kier molecular flexibility index (Phi) is 7.97. The molecule has 0 aromatic heterocycles. The van der Waals surface area contributed by atoms with Gasteiger partial charge >= 0.3 is 0 Å². The first-order valence-electron chi connectivity index (χ1n) is 12.5. The van der Waals surface area contributed by atoms with Crippen LogP contribution in [-0.4, -0.2) is 45.1 Å². The number of aliphatic hydroxyl groups is 2. The zero-order chi connectivity index (χ0) is 26.5. The number of nitrogens with zero attached hydrogens (tertiary/aromatic N) is 2. The number of hydrogen-bond donors (Lipinski definition) is 2. The summed E-state index contributed by atoms with van der Waals surface area (Å²) in [6.45, 7) is 6.98. The van der Waals surface area contributed by atoms with Crippen LogP contribution in [0.15, 0.2) is 102 Å². The molecule has 0 radical (unpaired) electrons. The lowest BCUT2D eigenvalue weighted by Gasteiger charge is -2.42. The molecule has 0 bridgehead atoms. The highest BCUT2D eigenvalue weighted by Gasteiger charge is 2.33. The first kappa shape index (κ1) is 26.0. The maximum atomic E-state index is 13.4. The minimum absolute atomic E-state index is 0.0103. The van der Waals surface area contributed by atoms with Gasteiger partial charge in [0.05, 0.1) is 0 Å². The van der Waals surface area contributed by atoms with Crippen LogP contribution in [0.5, 0.6) is 0 Å². The van der Waals surface area contributed by atoms with E-state index >= 15 is 0 Å². The first-order chi connectivity index (χ1) is 17.8. The molecular weight excluding hydrogens is 467 g/mol. The van der Waals surface area contributed by atoms with E-state index in [0.717, 1.165) is 33.2 Å². The van der Waals surface area contributed by atoms with Gasteiger partial charge in [0.15, 0.2) is 11.5 Å². The fraction of sp³-hybridized carbons (Fsp3) is 0.258. The number of hydrogen-bond acceptors (Lipinski definition) is 4. The Morgan fingerprint density at radius 1 is 0.973 bits per heavy atom. The second kappa shape index (κ2) is 11.3. The molecule has 1 fully saturated rings. The minimum Gasteiger partial charge on any atom is -0.504 e. The molecule has 192 valence electrons. The number of amides is 1. The van der Waals surface area contributed by atoms with Crippen LogP contribution in [0.1, 0.15) is 31.9 Å². The highest BCUT2D eigenvalue weighted by Crippen LogP contribution is 2.27. The summed E-state index contributed by atoms with van der Waals surface area (Å²) in [5, 5.41) is 22.6. The van der Waals surface area contributed by atoms with E-state index in [9.17, 15) is 19.4 Å². The van der Waals surface area contributed by atoms with Gasteiger partial charge < -0.3 is 20.0 Å². The minimum atomic E-state index is -0.425. The van der Waals surface area contributed by atoms with Crippen LogP contribution in [0.4, 0.5) is 4.39 Å². The SMILES string of the molecule is C\C=C(O)/C(O)=C\C(C)=C(/Cc1ccc2ccccc2c1)N1CCN(Cc2ccc(F)cc2)C(=O)C1C. The van der Waals surface area contributed by atoms with Gasteiger partial charge in [-0.1, -0.05) is 54.6 Å². The van der Waals surface area contributed by atoms with E-state index in [4.69, 9.17) is 0 Å². The van der Waals surface area contributed by atoms with E-state index in [1.54, 1.807) is 30.0 Å². The molecule has 1 unspecified atom stereocenters. The van der Waals surface area contributed by atoms with Crippen LogP contribution in [0.3, 0.4) is 0 Å². The van der Waals surface area contributed by atoms with Crippen molar-refractivity contribution < 1.29 is 19.4 Å². The van der Waals surface area contributed by atoms with Gasteiger partial charge in [-0.25, -0.2) is 4.39 Å². The lowest BCUT2D eigenvalue weighted by atomic mass is 9.99. The normalized spacial score (nSPS) is 17.8. The fourth-order valence-electron chi connectivity index (χ4n) is 4.79. The van der Waals surface area contributed by atoms with Crippen LogP contribution in [0.25, 0.3) is 10.8 Å². The maximum absolute atomic E-state index is 13.4. The number of rotatable bonds is 7. The highest BCUT2D eigenvalue weighted by molar-refractivity contribution is 5.83. The fourth-order valence-corrected chi connectivity index (χ4v) is 4.79. The van der Waals surface area contributed by atoms with Crippen molar-refractivity contribution in [3.05, 3.63) is 119 Å². The molecule has 0 aliphatic carbocycles. The van der Waals surface area contributed by atoms with Crippen molar-refractivity contribution in [2.75, 3.05) is 13.1 Å². The number of carbonyl (C=O) groups is 1. The van der Waals surface area contributed by atoms with E-state index in [0.29, 0.717) is 26.1 Å². The molecule has 6 heteroatoms. The summed E-state index contributed by atoms with van der Waals surface area (Å²) < 4.78 is 13.3. The molecule has 5 nitrogen and oxygen atoms in total. The highest BCUT2D eigenvalue weighted by atomic mass is 19.1. The van der Waals surface area contributed by atoms with Gasteiger partial charge in [-0.05, 0) is 72.5 Å². The van der Waals surface area contributed by atoms with E-state index in [-0.39, 0.29) is 23.2 Å². The third kappa shape index (κ3) is 6.02. The van der Waals surface area contributed by atoms with Crippen molar-refractivity contribution in [3.8, 4) is 0 Å². The van der Waals surface area contributed by atoms with Crippen LogP contribution in [0, 0.1) is 5.82 Å². The standard InChI is InChI=1S/C31H33FN2O3/c1-4-29(35)30(36)17-21(2)28(19-24-9-12-25-7-5-6-8-26(25)18-24)34-16-15-33(31(37)22(34)3)20-23-10-13-27(32)14-11-23/h4-14,17-18,22,35-36H,15-16,19-20H2,1-3H3/b28-21+,29-4+,30-17+. The molecule has 37 heavy (non-hydrogen) atoms. The van der Waals surface area contributed by atoms with Crippen LogP contribution in [-0.2, 0) is 17.8 Å². The number of carbonyl (C=O) groups excluding carboxylic acids is 1. The Bertz CT molecular complexity index is 1370. The number of allylic oxidation sites excluding steroid dienone is 4. The predicted octanol–water partition coefficient (Wildman–Crippen LogP) is 6.43. The molecule has 0 spiro atoms. The van der Waals surface area contributed by atoms with Crippen molar-refractivity contribution in [2.45, 2.75) is 39.8 Å². The number of benzene rings is 3. The monoisotopic (exact) mass is 500 g/mol. The van der Waals surface area contributed by atoms with Gasteiger partial charge in [-0.15, -0.1) is 0 Å². The molecule has 2 N–H and O–H groups in total. The van der Waals surface area contributed by atoms with Crippen LogP contribution in [0.2, 0.25) is 0 Å². The van der Waals surface area contributed by atoms with Crippen LogP contribution < -0.4 is 0 Å². The lowest BCUT2D eigenvalue weighted by molar-refractivity contribution is -0.140. The van der Waals surface area contributed by atoms with Gasteiger partial charge in [0, 0.05) is 31.8 Å². The first-order valence-corrected chi connectivity index (χ1v) is 12.5. The smallest absolute Gasteiger partial charge is 0.245 e. The summed E-state index contributed by atoms with van der Waals surface area (Å²) in [5.74, 6) is -0.723. The van der Waals surface area contributed by atoms with E-state index in [1.165, 1.54) is 18.2 Å². The summed E-state index contributed by atoms with van der Waals surface area (Å²) in [4.78, 5) is 17.3. The Balaban J connectivity index is 1.64. The van der Waals surface area contributed by atoms with Gasteiger partial charge in [0.25, 0.3) is 0 Å². The number of aliphatic hydroxyl groups excluding tert-OH is 2. The Morgan fingerprint density at radius 3 is 2.35 bits per heavy atom. The third-order valence-corrected chi connectivity index (χ3v) is 6.91. The average molecular weight is 501 g/mol. The molecule has 0 saturated carbocycles. The van der Waals surface area contributed by atoms with Crippen molar-refractivity contribution in [1.29, 1.82) is 0 Å². The lowest BCUT2D eigenvalue weighted by Crippen LogP contribution is -2.55. The zero-order valence-electron chi connectivity index (χ0n) is 21.5. The maximum Gasteiger partial charge on any atom is 0.245 e. The molecule has 1 saturated heterocycles. The summed E-state index contributed by atoms with van der Waals surface area (Å²) >= 11 is 0. The average Bonchev–Trinajstić information content (AvgIpc) is 2.91. The molecule has 3 aromatic rings. The van der Waals surface area contributed by atoms with Crippen LogP contribution >= 0.6 is 0 Å². The molecule has 1 amide bonds. The second-order valence-corrected chi connectivity index (χ2v) is 9.45. The Morgan fingerprint density at radius 2 is 1.65 bits per heavy atom. The molecular formula is C31H33FN2O3.